The smallest absolute Gasteiger partial charge is 0.232 e. The number of carbonyl (C=O) groups excluding carboxylic acids is 1. The maximum Gasteiger partial charge on any atom is 0.232 e. The Kier molecular flexibility index (Phi) is 4.80. The first kappa shape index (κ1) is 17.2. The Labute approximate surface area is 142 Å². The molecule has 0 saturated heterocycles. The van der Waals surface area contributed by atoms with Crippen LogP contribution in [-0.4, -0.2) is 26.6 Å². The van der Waals surface area contributed by atoms with Crippen molar-refractivity contribution in [2.75, 3.05) is 15.9 Å². The highest BCUT2D eigenvalue weighted by atomic mass is 32.2. The number of nitrogens with one attached hydrogen (secondary N) is 1. The summed E-state index contributed by atoms with van der Waals surface area (Å²) in [6, 6.07) is 3.77. The van der Waals surface area contributed by atoms with Crippen LogP contribution in [0.25, 0.3) is 0 Å². The van der Waals surface area contributed by atoms with Gasteiger partial charge in [0.2, 0.25) is 15.9 Å². The highest BCUT2D eigenvalue weighted by Gasteiger charge is 2.37. The third-order valence-electron chi connectivity index (χ3n) is 4.67. The summed E-state index contributed by atoms with van der Waals surface area (Å²) in [7, 11) is -3.49. The van der Waals surface area contributed by atoms with Gasteiger partial charge < -0.3 is 5.32 Å². The van der Waals surface area contributed by atoms with Crippen LogP contribution >= 0.6 is 0 Å². The van der Waals surface area contributed by atoms with E-state index in [1.54, 1.807) is 0 Å². The lowest BCUT2D eigenvalue weighted by Gasteiger charge is -2.26. The fourth-order valence-electron chi connectivity index (χ4n) is 3.36. The van der Waals surface area contributed by atoms with Crippen molar-refractivity contribution in [1.29, 1.82) is 0 Å². The van der Waals surface area contributed by atoms with Gasteiger partial charge in [0.05, 0.1) is 17.6 Å². The first-order valence-corrected chi connectivity index (χ1v) is 10.3. The van der Waals surface area contributed by atoms with Gasteiger partial charge in [0.1, 0.15) is 5.82 Å². The summed E-state index contributed by atoms with van der Waals surface area (Å²) in [5.74, 6) is -0.727. The Morgan fingerprint density at radius 2 is 1.83 bits per heavy atom. The van der Waals surface area contributed by atoms with Crippen LogP contribution in [0.5, 0.6) is 0 Å². The van der Waals surface area contributed by atoms with Gasteiger partial charge in [0.25, 0.3) is 0 Å². The van der Waals surface area contributed by atoms with Crippen LogP contribution in [0.2, 0.25) is 0 Å². The maximum absolute atomic E-state index is 13.7. The molecule has 5 nitrogen and oxygen atoms in total. The summed E-state index contributed by atoms with van der Waals surface area (Å²) < 4.78 is 39.3. The van der Waals surface area contributed by atoms with E-state index in [9.17, 15) is 17.6 Å². The summed E-state index contributed by atoms with van der Waals surface area (Å²) in [4.78, 5) is 12.5. The number of hydrogen-bond acceptors (Lipinski definition) is 3. The molecule has 132 valence electrons. The minimum atomic E-state index is -3.49. The zero-order chi connectivity index (χ0) is 17.3. The molecule has 1 amide bonds. The van der Waals surface area contributed by atoms with E-state index in [1.807, 2.05) is 0 Å². The second-order valence-electron chi connectivity index (χ2n) is 6.78. The normalized spacial score (nSPS) is 19.1. The van der Waals surface area contributed by atoms with Crippen molar-refractivity contribution in [2.24, 2.45) is 5.92 Å². The summed E-state index contributed by atoms with van der Waals surface area (Å²) in [5, 5.41) is 2.77. The summed E-state index contributed by atoms with van der Waals surface area (Å²) in [6.07, 6.45) is 7.53. The number of halogens is 1. The Bertz CT molecular complexity index is 725. The fourth-order valence-corrected chi connectivity index (χ4v) is 4.62. The van der Waals surface area contributed by atoms with E-state index in [0.717, 1.165) is 51.2 Å². The summed E-state index contributed by atoms with van der Waals surface area (Å²) in [5.41, 5.74) is 0.591. The zero-order valence-corrected chi connectivity index (χ0v) is 14.6. The average molecular weight is 354 g/mol. The lowest BCUT2D eigenvalue weighted by Crippen LogP contribution is -2.33. The predicted molar refractivity (Wildman–Crippen MR) is 91.9 cm³/mol. The molecule has 24 heavy (non-hydrogen) atoms. The molecule has 1 aromatic rings. The lowest BCUT2D eigenvalue weighted by atomic mass is 9.88. The van der Waals surface area contributed by atoms with E-state index in [4.69, 9.17) is 0 Å². The molecule has 0 radical (unpaired) electrons. The van der Waals surface area contributed by atoms with E-state index in [-0.39, 0.29) is 23.6 Å². The Morgan fingerprint density at radius 1 is 1.17 bits per heavy atom. The monoisotopic (exact) mass is 354 g/mol. The zero-order valence-electron chi connectivity index (χ0n) is 13.8. The van der Waals surface area contributed by atoms with Crippen LogP contribution in [0.3, 0.4) is 0 Å². The van der Waals surface area contributed by atoms with E-state index >= 15 is 0 Å². The van der Waals surface area contributed by atoms with Gasteiger partial charge in [-0.25, -0.2) is 12.8 Å². The number of nitrogens with zero attached hydrogens (tertiary/aromatic N) is 1. The van der Waals surface area contributed by atoms with Gasteiger partial charge in [-0.3, -0.25) is 9.10 Å². The van der Waals surface area contributed by atoms with Gasteiger partial charge in [-0.05, 0) is 43.9 Å². The molecule has 1 N–H and O–H groups in total. The topological polar surface area (TPSA) is 66.5 Å². The number of hydrogen-bond donors (Lipinski definition) is 1. The standard InChI is InChI=1S/C17H23FN2O3S/c1-24(22,23)20(14-8-9-14)16-10-7-13(18)11-15(16)19-17(21)12-5-3-2-4-6-12/h7,10-12,14H,2-6,8-9H2,1H3,(H,19,21). The molecule has 0 atom stereocenters. The summed E-state index contributed by atoms with van der Waals surface area (Å²) in [6.45, 7) is 0. The Balaban J connectivity index is 1.89. The van der Waals surface area contributed by atoms with Crippen molar-refractivity contribution >= 4 is 27.3 Å². The highest BCUT2D eigenvalue weighted by molar-refractivity contribution is 7.92. The molecule has 7 heteroatoms. The van der Waals surface area contributed by atoms with Gasteiger partial charge in [-0.2, -0.15) is 0 Å². The second-order valence-corrected chi connectivity index (χ2v) is 8.64. The minimum absolute atomic E-state index is 0.0810. The van der Waals surface area contributed by atoms with E-state index < -0.39 is 15.8 Å². The maximum atomic E-state index is 13.7. The molecule has 0 spiro atoms. The van der Waals surface area contributed by atoms with Gasteiger partial charge in [0, 0.05) is 12.0 Å². The molecule has 2 fully saturated rings. The van der Waals surface area contributed by atoms with Crippen molar-refractivity contribution in [1.82, 2.24) is 0 Å². The minimum Gasteiger partial charge on any atom is -0.324 e. The van der Waals surface area contributed by atoms with Crippen LogP contribution in [0.1, 0.15) is 44.9 Å². The van der Waals surface area contributed by atoms with Crippen molar-refractivity contribution in [3.05, 3.63) is 24.0 Å². The number of benzene rings is 1. The highest BCUT2D eigenvalue weighted by Crippen LogP contribution is 2.38. The molecule has 2 saturated carbocycles. The van der Waals surface area contributed by atoms with Gasteiger partial charge >= 0.3 is 0 Å². The molecule has 1 aromatic carbocycles. The number of anilines is 2. The van der Waals surface area contributed by atoms with E-state index in [1.165, 1.54) is 22.5 Å². The molecular formula is C17H23FN2O3S. The SMILES string of the molecule is CS(=O)(=O)N(c1ccc(F)cc1NC(=O)C1CCCCC1)C1CC1. The molecule has 0 aliphatic heterocycles. The number of sulfonamides is 1. The second kappa shape index (κ2) is 6.70. The predicted octanol–water partition coefficient (Wildman–Crippen LogP) is 3.27. The van der Waals surface area contributed by atoms with E-state index in [2.05, 4.69) is 5.32 Å². The molecule has 0 aromatic heterocycles. The summed E-state index contributed by atoms with van der Waals surface area (Å²) >= 11 is 0. The number of amides is 1. The van der Waals surface area contributed by atoms with Crippen LogP contribution in [0.15, 0.2) is 18.2 Å². The molecule has 0 heterocycles. The van der Waals surface area contributed by atoms with E-state index in [0.29, 0.717) is 5.69 Å². The fraction of sp³-hybridized carbons (Fsp3) is 0.588. The van der Waals surface area contributed by atoms with Crippen LogP contribution < -0.4 is 9.62 Å². The molecule has 3 rings (SSSR count). The van der Waals surface area contributed by atoms with Crippen molar-refractivity contribution in [3.63, 3.8) is 0 Å². The first-order valence-electron chi connectivity index (χ1n) is 8.46. The van der Waals surface area contributed by atoms with Gasteiger partial charge in [-0.15, -0.1) is 0 Å². The molecule has 0 unspecified atom stereocenters. The number of carbonyl (C=O) groups is 1. The first-order chi connectivity index (χ1) is 11.4. The third kappa shape index (κ3) is 3.88. The van der Waals surface area contributed by atoms with Crippen molar-refractivity contribution in [3.8, 4) is 0 Å². The number of rotatable bonds is 5. The molecular weight excluding hydrogens is 331 g/mol. The van der Waals surface area contributed by atoms with Crippen molar-refractivity contribution in [2.45, 2.75) is 51.0 Å². The quantitative estimate of drug-likeness (QED) is 0.882. The lowest BCUT2D eigenvalue weighted by molar-refractivity contribution is -0.120. The Morgan fingerprint density at radius 3 is 2.42 bits per heavy atom. The average Bonchev–Trinajstić information content (AvgIpc) is 3.34. The largest absolute Gasteiger partial charge is 0.324 e. The Hall–Kier alpha value is -1.63. The van der Waals surface area contributed by atoms with Crippen LogP contribution in [-0.2, 0) is 14.8 Å². The molecule has 2 aliphatic rings. The molecule has 2 aliphatic carbocycles. The van der Waals surface area contributed by atoms with Gasteiger partial charge in [-0.1, -0.05) is 19.3 Å². The molecule has 0 bridgehead atoms. The third-order valence-corrected chi connectivity index (χ3v) is 5.88. The van der Waals surface area contributed by atoms with Crippen LogP contribution in [0.4, 0.5) is 15.8 Å². The van der Waals surface area contributed by atoms with Crippen LogP contribution in [0, 0.1) is 11.7 Å². The van der Waals surface area contributed by atoms with Crippen molar-refractivity contribution < 1.29 is 17.6 Å². The van der Waals surface area contributed by atoms with Gasteiger partial charge in [0.15, 0.2) is 0 Å².